The average molecular weight is 279 g/mol. The van der Waals surface area contributed by atoms with E-state index in [0.717, 1.165) is 32.6 Å². The van der Waals surface area contributed by atoms with Gasteiger partial charge >= 0.3 is 0 Å². The summed E-state index contributed by atoms with van der Waals surface area (Å²) in [4.78, 5) is 4.72. The molecule has 0 N–H and O–H groups in total. The van der Waals surface area contributed by atoms with Crippen molar-refractivity contribution in [2.24, 2.45) is 0 Å². The molecule has 0 spiro atoms. The molecule has 96 valence electrons. The van der Waals surface area contributed by atoms with Gasteiger partial charge in [0.1, 0.15) is 5.82 Å². The first kappa shape index (κ1) is 11.5. The van der Waals surface area contributed by atoms with Gasteiger partial charge in [0.2, 0.25) is 0 Å². The first-order valence-electron chi connectivity index (χ1n) is 6.44. The van der Waals surface area contributed by atoms with E-state index in [-0.39, 0.29) is 0 Å². The Hall–Kier alpha value is -2.32. The summed E-state index contributed by atoms with van der Waals surface area (Å²) in [7, 11) is 0. The van der Waals surface area contributed by atoms with Gasteiger partial charge in [-0.25, -0.2) is 4.98 Å². The Labute approximate surface area is 121 Å². The lowest BCUT2D eigenvalue weighted by Crippen LogP contribution is -1.95. The Kier molecular flexibility index (Phi) is 2.51. The highest BCUT2D eigenvalue weighted by molar-refractivity contribution is 6.31. The van der Waals surface area contributed by atoms with Crippen molar-refractivity contribution < 1.29 is 0 Å². The van der Waals surface area contributed by atoms with Crippen molar-refractivity contribution in [1.82, 2.24) is 9.55 Å². The predicted octanol–water partition coefficient (Wildman–Crippen LogP) is 4.83. The Balaban J connectivity index is 1.96. The van der Waals surface area contributed by atoms with Crippen LogP contribution in [-0.4, -0.2) is 9.55 Å². The van der Waals surface area contributed by atoms with Crippen LogP contribution in [-0.2, 0) is 0 Å². The van der Waals surface area contributed by atoms with Crippen LogP contribution in [0.15, 0.2) is 66.9 Å². The van der Waals surface area contributed by atoms with Crippen molar-refractivity contribution >= 4 is 33.4 Å². The molecule has 0 unspecified atom stereocenters. The zero-order valence-corrected chi connectivity index (χ0v) is 11.4. The second kappa shape index (κ2) is 4.36. The van der Waals surface area contributed by atoms with Crippen LogP contribution in [0, 0.1) is 0 Å². The van der Waals surface area contributed by atoms with Crippen LogP contribution in [0.2, 0.25) is 5.02 Å². The fraction of sp³-hybridized carbons (Fsp3) is 0. The van der Waals surface area contributed by atoms with Crippen LogP contribution in [0.4, 0.5) is 0 Å². The zero-order valence-electron chi connectivity index (χ0n) is 10.6. The molecule has 2 nitrogen and oxygen atoms in total. The molecule has 4 rings (SSSR count). The summed E-state index contributed by atoms with van der Waals surface area (Å²) < 4.78 is 2.08. The minimum atomic E-state index is 0.752. The highest BCUT2D eigenvalue weighted by Crippen LogP contribution is 2.24. The van der Waals surface area contributed by atoms with E-state index in [9.17, 15) is 0 Å². The summed E-state index contributed by atoms with van der Waals surface area (Å²) in [5.41, 5.74) is 2.11. The number of rotatable bonds is 1. The number of halogens is 1. The van der Waals surface area contributed by atoms with E-state index in [2.05, 4.69) is 22.8 Å². The molecule has 0 aliphatic carbocycles. The van der Waals surface area contributed by atoms with Crippen LogP contribution in [0.1, 0.15) is 0 Å². The molecule has 2 aromatic heterocycles. The molecule has 0 saturated heterocycles. The van der Waals surface area contributed by atoms with Crippen molar-refractivity contribution in [2.75, 3.05) is 0 Å². The first-order chi connectivity index (χ1) is 9.81. The summed E-state index contributed by atoms with van der Waals surface area (Å²) in [5.74, 6) is 0.918. The number of hydrogen-bond acceptors (Lipinski definition) is 1. The molecule has 0 amide bonds. The van der Waals surface area contributed by atoms with E-state index in [4.69, 9.17) is 16.6 Å². The number of aromatic nitrogens is 2. The summed E-state index contributed by atoms with van der Waals surface area (Å²) in [6.45, 7) is 0. The minimum absolute atomic E-state index is 0.752. The van der Waals surface area contributed by atoms with Crippen LogP contribution in [0.3, 0.4) is 0 Å². The molecule has 4 aromatic rings. The molecule has 0 bridgehead atoms. The maximum absolute atomic E-state index is 6.03. The van der Waals surface area contributed by atoms with E-state index < -0.39 is 0 Å². The molecule has 0 saturated carbocycles. The van der Waals surface area contributed by atoms with Gasteiger partial charge in [0, 0.05) is 22.0 Å². The van der Waals surface area contributed by atoms with E-state index in [1.165, 1.54) is 0 Å². The Bertz CT molecular complexity index is 924. The van der Waals surface area contributed by atoms with Gasteiger partial charge in [-0.2, -0.15) is 0 Å². The topological polar surface area (TPSA) is 17.8 Å². The highest BCUT2D eigenvalue weighted by atomic mass is 35.5. The third-order valence-electron chi connectivity index (χ3n) is 3.48. The SMILES string of the molecule is Clc1ccc2c(ccn2-c2ccc3ccccc3n2)c1. The molecule has 3 heteroatoms. The van der Waals surface area contributed by atoms with Crippen LogP contribution in [0.5, 0.6) is 0 Å². The predicted molar refractivity (Wildman–Crippen MR) is 83.6 cm³/mol. The van der Waals surface area contributed by atoms with Crippen LogP contribution < -0.4 is 0 Å². The second-order valence-electron chi connectivity index (χ2n) is 4.75. The number of pyridine rings is 1. The van der Waals surface area contributed by atoms with E-state index >= 15 is 0 Å². The van der Waals surface area contributed by atoms with E-state index in [0.29, 0.717) is 0 Å². The standard InChI is InChI=1S/C17H11ClN2/c18-14-6-7-16-13(11-14)9-10-20(16)17-8-5-12-3-1-2-4-15(12)19-17/h1-11H. The fourth-order valence-corrected chi connectivity index (χ4v) is 2.68. The quantitative estimate of drug-likeness (QED) is 0.487. The maximum atomic E-state index is 6.03. The zero-order chi connectivity index (χ0) is 13.5. The van der Waals surface area contributed by atoms with Gasteiger partial charge in [0.15, 0.2) is 0 Å². The summed E-state index contributed by atoms with van der Waals surface area (Å²) in [5, 5.41) is 3.02. The molecular formula is C17H11ClN2. The van der Waals surface area contributed by atoms with Crippen molar-refractivity contribution in [1.29, 1.82) is 0 Å². The number of hydrogen-bond donors (Lipinski definition) is 0. The second-order valence-corrected chi connectivity index (χ2v) is 5.19. The largest absolute Gasteiger partial charge is 0.301 e. The van der Waals surface area contributed by atoms with Gasteiger partial charge in [-0.05, 0) is 42.5 Å². The molecular weight excluding hydrogens is 268 g/mol. The average Bonchev–Trinajstić information content (AvgIpc) is 2.89. The lowest BCUT2D eigenvalue weighted by molar-refractivity contribution is 1.06. The highest BCUT2D eigenvalue weighted by Gasteiger charge is 2.05. The molecule has 0 aliphatic heterocycles. The Morgan fingerprint density at radius 2 is 1.75 bits per heavy atom. The van der Waals surface area contributed by atoms with Gasteiger partial charge in [-0.15, -0.1) is 0 Å². The summed E-state index contributed by atoms with van der Waals surface area (Å²) >= 11 is 6.03. The molecule has 0 radical (unpaired) electrons. The summed E-state index contributed by atoms with van der Waals surface area (Å²) in [6, 6.07) is 20.2. The van der Waals surface area contributed by atoms with Gasteiger partial charge in [-0.1, -0.05) is 29.8 Å². The van der Waals surface area contributed by atoms with Crippen molar-refractivity contribution in [3.05, 3.63) is 71.9 Å². The smallest absolute Gasteiger partial charge is 0.137 e. The van der Waals surface area contributed by atoms with Crippen molar-refractivity contribution in [3.63, 3.8) is 0 Å². The lowest BCUT2D eigenvalue weighted by atomic mass is 10.2. The molecule has 0 aliphatic rings. The number of nitrogens with zero attached hydrogens (tertiary/aromatic N) is 2. The van der Waals surface area contributed by atoms with Crippen LogP contribution >= 0.6 is 11.6 Å². The van der Waals surface area contributed by atoms with E-state index in [1.807, 2.05) is 48.7 Å². The van der Waals surface area contributed by atoms with Gasteiger partial charge in [0.25, 0.3) is 0 Å². The lowest BCUT2D eigenvalue weighted by Gasteiger charge is -2.06. The van der Waals surface area contributed by atoms with Crippen molar-refractivity contribution in [3.8, 4) is 5.82 Å². The van der Waals surface area contributed by atoms with Crippen molar-refractivity contribution in [2.45, 2.75) is 0 Å². The van der Waals surface area contributed by atoms with Gasteiger partial charge in [-0.3, -0.25) is 0 Å². The molecule has 2 aromatic carbocycles. The molecule has 2 heterocycles. The van der Waals surface area contributed by atoms with Gasteiger partial charge < -0.3 is 4.57 Å². The van der Waals surface area contributed by atoms with E-state index in [1.54, 1.807) is 0 Å². The third kappa shape index (κ3) is 1.77. The summed E-state index contributed by atoms with van der Waals surface area (Å²) in [6.07, 6.45) is 2.03. The van der Waals surface area contributed by atoms with Crippen LogP contribution in [0.25, 0.3) is 27.6 Å². The molecule has 0 atom stereocenters. The number of para-hydroxylation sites is 1. The molecule has 20 heavy (non-hydrogen) atoms. The Morgan fingerprint density at radius 3 is 2.70 bits per heavy atom. The monoisotopic (exact) mass is 278 g/mol. The minimum Gasteiger partial charge on any atom is -0.301 e. The first-order valence-corrected chi connectivity index (χ1v) is 6.82. The maximum Gasteiger partial charge on any atom is 0.137 e. The molecule has 0 fully saturated rings. The normalized spacial score (nSPS) is 11.2. The van der Waals surface area contributed by atoms with Gasteiger partial charge in [0.05, 0.1) is 11.0 Å². The fourth-order valence-electron chi connectivity index (χ4n) is 2.50. The Morgan fingerprint density at radius 1 is 0.850 bits per heavy atom. The number of benzene rings is 2. The third-order valence-corrected chi connectivity index (χ3v) is 3.72. The number of fused-ring (bicyclic) bond motifs is 2.